The molecule has 0 aromatic heterocycles. The van der Waals surface area contributed by atoms with Crippen molar-refractivity contribution in [3.8, 4) is 0 Å². The second-order valence-corrected chi connectivity index (χ2v) is 4.89. The maximum absolute atomic E-state index is 13.1. The van der Waals surface area contributed by atoms with Gasteiger partial charge in [-0.15, -0.1) is 0 Å². The Labute approximate surface area is 91.4 Å². The summed E-state index contributed by atoms with van der Waals surface area (Å²) in [5.74, 6) is -0.179. The van der Waals surface area contributed by atoms with Crippen molar-refractivity contribution in [2.75, 3.05) is 0 Å². The second-order valence-electron chi connectivity index (χ2n) is 3.59. The Hall–Kier alpha value is -0.410. The summed E-state index contributed by atoms with van der Waals surface area (Å²) < 4.78 is 18.7. The van der Waals surface area contributed by atoms with Crippen LogP contribution in [0, 0.1) is 5.82 Å². The van der Waals surface area contributed by atoms with Gasteiger partial charge in [0.15, 0.2) is 0 Å². The fourth-order valence-corrected chi connectivity index (χ4v) is 2.29. The van der Waals surface area contributed by atoms with Gasteiger partial charge in [-0.1, -0.05) is 34.1 Å². The number of hydrogen-bond donors (Lipinski definition) is 0. The molecule has 0 amide bonds. The SMILES string of the molecule is Fc1ccccc1COC1CC(Br)C1. The molecule has 0 unspecified atom stereocenters. The van der Waals surface area contributed by atoms with E-state index in [0.717, 1.165) is 12.8 Å². The highest BCUT2D eigenvalue weighted by Crippen LogP contribution is 2.30. The third-order valence-corrected chi connectivity index (χ3v) is 3.22. The van der Waals surface area contributed by atoms with Crippen LogP contribution in [0.3, 0.4) is 0 Å². The van der Waals surface area contributed by atoms with E-state index in [9.17, 15) is 4.39 Å². The largest absolute Gasteiger partial charge is 0.373 e. The monoisotopic (exact) mass is 258 g/mol. The minimum Gasteiger partial charge on any atom is -0.373 e. The Balaban J connectivity index is 1.83. The predicted octanol–water partition coefficient (Wildman–Crippen LogP) is 3.27. The van der Waals surface area contributed by atoms with Gasteiger partial charge in [-0.3, -0.25) is 0 Å². The van der Waals surface area contributed by atoms with Crippen molar-refractivity contribution in [3.63, 3.8) is 0 Å². The Morgan fingerprint density at radius 3 is 2.71 bits per heavy atom. The number of hydrogen-bond acceptors (Lipinski definition) is 1. The van der Waals surface area contributed by atoms with Crippen LogP contribution in [0.15, 0.2) is 24.3 Å². The predicted molar refractivity (Wildman–Crippen MR) is 56.9 cm³/mol. The molecule has 14 heavy (non-hydrogen) atoms. The number of halogens is 2. The molecule has 2 rings (SSSR count). The van der Waals surface area contributed by atoms with Crippen molar-refractivity contribution < 1.29 is 9.13 Å². The fraction of sp³-hybridized carbons (Fsp3) is 0.455. The summed E-state index contributed by atoms with van der Waals surface area (Å²) in [5, 5.41) is 0. The first kappa shape index (κ1) is 10.1. The van der Waals surface area contributed by atoms with E-state index in [2.05, 4.69) is 15.9 Å². The minimum absolute atomic E-state index is 0.179. The summed E-state index contributed by atoms with van der Waals surface area (Å²) in [6.07, 6.45) is 2.38. The van der Waals surface area contributed by atoms with E-state index in [1.54, 1.807) is 12.1 Å². The molecule has 0 saturated heterocycles. The topological polar surface area (TPSA) is 9.23 Å². The van der Waals surface area contributed by atoms with Crippen molar-refractivity contribution in [2.24, 2.45) is 0 Å². The van der Waals surface area contributed by atoms with E-state index in [-0.39, 0.29) is 5.82 Å². The maximum Gasteiger partial charge on any atom is 0.128 e. The average molecular weight is 259 g/mol. The van der Waals surface area contributed by atoms with Gasteiger partial charge in [0.05, 0.1) is 12.7 Å². The lowest BCUT2D eigenvalue weighted by Crippen LogP contribution is -2.31. The van der Waals surface area contributed by atoms with Crippen LogP contribution in [0.1, 0.15) is 18.4 Å². The van der Waals surface area contributed by atoms with Gasteiger partial charge in [0.2, 0.25) is 0 Å². The van der Waals surface area contributed by atoms with Gasteiger partial charge in [0, 0.05) is 10.4 Å². The van der Waals surface area contributed by atoms with E-state index in [0.29, 0.717) is 23.1 Å². The summed E-state index contributed by atoms with van der Waals surface area (Å²) in [4.78, 5) is 0.591. The van der Waals surface area contributed by atoms with Gasteiger partial charge in [0.1, 0.15) is 5.82 Å². The van der Waals surface area contributed by atoms with E-state index >= 15 is 0 Å². The summed E-state index contributed by atoms with van der Waals surface area (Å²) >= 11 is 3.49. The molecule has 0 aliphatic heterocycles. The van der Waals surface area contributed by atoms with Gasteiger partial charge in [-0.05, 0) is 18.9 Å². The van der Waals surface area contributed by atoms with Crippen LogP contribution in [0.25, 0.3) is 0 Å². The molecular formula is C11H12BrFO. The number of benzene rings is 1. The molecule has 76 valence electrons. The van der Waals surface area contributed by atoms with Crippen LogP contribution < -0.4 is 0 Å². The lowest BCUT2D eigenvalue weighted by Gasteiger charge is -2.31. The molecule has 0 radical (unpaired) electrons. The first-order valence-electron chi connectivity index (χ1n) is 4.75. The van der Waals surface area contributed by atoms with E-state index < -0.39 is 0 Å². The zero-order valence-electron chi connectivity index (χ0n) is 7.75. The van der Waals surface area contributed by atoms with Gasteiger partial charge in [-0.25, -0.2) is 4.39 Å². The lowest BCUT2D eigenvalue weighted by atomic mass is 9.96. The van der Waals surface area contributed by atoms with Crippen LogP contribution in [0.5, 0.6) is 0 Å². The molecule has 0 N–H and O–H groups in total. The molecule has 0 heterocycles. The van der Waals surface area contributed by atoms with E-state index in [1.807, 2.05) is 6.07 Å². The van der Waals surface area contributed by atoms with Crippen molar-refractivity contribution in [1.29, 1.82) is 0 Å². The highest BCUT2D eigenvalue weighted by atomic mass is 79.9. The molecule has 0 spiro atoms. The van der Waals surface area contributed by atoms with E-state index in [4.69, 9.17) is 4.74 Å². The maximum atomic E-state index is 13.1. The first-order valence-corrected chi connectivity index (χ1v) is 5.66. The van der Waals surface area contributed by atoms with E-state index in [1.165, 1.54) is 6.07 Å². The van der Waals surface area contributed by atoms with Gasteiger partial charge in [-0.2, -0.15) is 0 Å². The summed E-state index contributed by atoms with van der Waals surface area (Å²) in [5.41, 5.74) is 0.644. The molecular weight excluding hydrogens is 247 g/mol. The molecule has 1 aliphatic carbocycles. The summed E-state index contributed by atoms with van der Waals surface area (Å²) in [6, 6.07) is 6.75. The van der Waals surface area contributed by atoms with Crippen LogP contribution in [0.2, 0.25) is 0 Å². The minimum atomic E-state index is -0.179. The normalized spacial score (nSPS) is 25.9. The molecule has 3 heteroatoms. The number of alkyl halides is 1. The number of ether oxygens (including phenoxy) is 1. The molecule has 1 nitrogen and oxygen atoms in total. The second kappa shape index (κ2) is 4.41. The van der Waals surface area contributed by atoms with Crippen molar-refractivity contribution >= 4 is 15.9 Å². The van der Waals surface area contributed by atoms with Crippen LogP contribution in [-0.2, 0) is 11.3 Å². The standard InChI is InChI=1S/C11H12BrFO/c12-9-5-10(6-9)14-7-8-3-1-2-4-11(8)13/h1-4,9-10H,5-7H2. The zero-order valence-corrected chi connectivity index (χ0v) is 9.34. The Morgan fingerprint density at radius 2 is 2.07 bits per heavy atom. The van der Waals surface area contributed by atoms with Crippen LogP contribution >= 0.6 is 15.9 Å². The quantitative estimate of drug-likeness (QED) is 0.757. The summed E-state index contributed by atoms with van der Waals surface area (Å²) in [7, 11) is 0. The molecule has 1 aromatic carbocycles. The van der Waals surface area contributed by atoms with Crippen LogP contribution in [-0.4, -0.2) is 10.9 Å². The molecule has 0 bridgehead atoms. The third kappa shape index (κ3) is 2.34. The Kier molecular flexibility index (Phi) is 3.19. The molecule has 1 aromatic rings. The fourth-order valence-electron chi connectivity index (χ4n) is 1.46. The molecule has 1 fully saturated rings. The Morgan fingerprint density at radius 1 is 1.36 bits per heavy atom. The smallest absolute Gasteiger partial charge is 0.128 e. The Bertz CT molecular complexity index is 310. The highest BCUT2D eigenvalue weighted by molar-refractivity contribution is 9.09. The molecule has 0 atom stereocenters. The average Bonchev–Trinajstić information content (AvgIpc) is 2.13. The highest BCUT2D eigenvalue weighted by Gasteiger charge is 2.27. The molecule has 1 saturated carbocycles. The summed E-state index contributed by atoms with van der Waals surface area (Å²) in [6.45, 7) is 0.386. The van der Waals surface area contributed by atoms with Gasteiger partial charge >= 0.3 is 0 Å². The van der Waals surface area contributed by atoms with Crippen molar-refractivity contribution in [3.05, 3.63) is 35.6 Å². The lowest BCUT2D eigenvalue weighted by molar-refractivity contribution is -0.00505. The molecule has 1 aliphatic rings. The van der Waals surface area contributed by atoms with Gasteiger partial charge < -0.3 is 4.74 Å². The van der Waals surface area contributed by atoms with Crippen molar-refractivity contribution in [1.82, 2.24) is 0 Å². The van der Waals surface area contributed by atoms with Crippen LogP contribution in [0.4, 0.5) is 4.39 Å². The van der Waals surface area contributed by atoms with Gasteiger partial charge in [0.25, 0.3) is 0 Å². The third-order valence-electron chi connectivity index (χ3n) is 2.47. The first-order chi connectivity index (χ1) is 6.75. The zero-order chi connectivity index (χ0) is 9.97. The van der Waals surface area contributed by atoms with Crippen molar-refractivity contribution in [2.45, 2.75) is 30.4 Å². The number of rotatable bonds is 3.